The lowest BCUT2D eigenvalue weighted by Crippen LogP contribution is -2.59. The minimum absolute atomic E-state index is 0.0558. The Labute approximate surface area is 291 Å². The molecule has 1 aliphatic heterocycles. The number of rotatable bonds is 11. The summed E-state index contributed by atoms with van der Waals surface area (Å²) in [7, 11) is 5.71. The Morgan fingerprint density at radius 1 is 0.980 bits per heavy atom. The molecule has 0 aromatic carbocycles. The Balaban J connectivity index is 1.11. The molecule has 0 N–H and O–H groups in total. The predicted octanol–water partition coefficient (Wildman–Crippen LogP) is 6.49. The van der Waals surface area contributed by atoms with Crippen LogP contribution in [0.2, 0.25) is 0 Å². The van der Waals surface area contributed by atoms with Crippen LogP contribution < -0.4 is 9.64 Å². The zero-order valence-electron chi connectivity index (χ0n) is 29.9. The van der Waals surface area contributed by atoms with Gasteiger partial charge in [-0.25, -0.2) is 14.8 Å². The van der Waals surface area contributed by atoms with E-state index in [1.54, 1.807) is 18.2 Å². The molecule has 11 heteroatoms. The number of aryl methyl sites for hydroxylation is 1. The fraction of sp³-hybridized carbons (Fsp3) is 0.605. The molecule has 1 atom stereocenters. The maximum Gasteiger partial charge on any atom is 0.409 e. The number of hydrogen-bond acceptors (Lipinski definition) is 8. The van der Waals surface area contributed by atoms with Crippen LogP contribution in [0.1, 0.15) is 87.8 Å². The molecule has 3 aliphatic rings. The second-order valence-electron chi connectivity index (χ2n) is 14.7. The molecule has 2 saturated carbocycles. The number of hydrogen-bond donors (Lipinski definition) is 0. The van der Waals surface area contributed by atoms with Crippen molar-refractivity contribution in [2.24, 2.45) is 11.8 Å². The van der Waals surface area contributed by atoms with Gasteiger partial charge in [0.1, 0.15) is 12.4 Å². The van der Waals surface area contributed by atoms with Gasteiger partial charge in [0.25, 0.3) is 0 Å². The Bertz CT molecular complexity index is 1570. The van der Waals surface area contributed by atoms with Gasteiger partial charge in [0, 0.05) is 61.3 Å². The zero-order chi connectivity index (χ0) is 34.5. The van der Waals surface area contributed by atoms with Gasteiger partial charge in [-0.3, -0.25) is 14.4 Å². The van der Waals surface area contributed by atoms with Crippen LogP contribution in [0.3, 0.4) is 0 Å². The van der Waals surface area contributed by atoms with Crippen molar-refractivity contribution >= 4 is 17.8 Å². The van der Waals surface area contributed by atoms with Crippen LogP contribution in [0, 0.1) is 18.8 Å². The van der Waals surface area contributed by atoms with E-state index in [2.05, 4.69) is 28.0 Å². The number of ether oxygens (including phenoxy) is 2. The fourth-order valence-corrected chi connectivity index (χ4v) is 7.59. The van der Waals surface area contributed by atoms with Crippen LogP contribution in [0.15, 0.2) is 43.0 Å². The summed E-state index contributed by atoms with van der Waals surface area (Å²) < 4.78 is 12.8. The molecule has 6 rings (SSSR count). The lowest BCUT2D eigenvalue weighted by atomic mass is 9.78. The SMILES string of the molecule is COc1ncc(C2CCC(CN(C(=O)C3CCCCC3)c3cc(-c4cnn(C(C)COC(=O)N5CC(N(C)C)C5)c4)ccn3)CC2)cc1C. The number of carbonyl (C=O) groups excluding carboxylic acids is 2. The summed E-state index contributed by atoms with van der Waals surface area (Å²) >= 11 is 0. The number of methoxy groups -OCH3 is 1. The summed E-state index contributed by atoms with van der Waals surface area (Å²) in [6.45, 7) is 6.36. The van der Waals surface area contributed by atoms with Crippen molar-refractivity contribution in [2.45, 2.75) is 89.6 Å². The molecular formula is C38H53N7O4. The molecule has 0 spiro atoms. The molecular weight excluding hydrogens is 618 g/mol. The Hall–Kier alpha value is -3.99. The number of amides is 2. The summed E-state index contributed by atoms with van der Waals surface area (Å²) in [6, 6.07) is 6.49. The summed E-state index contributed by atoms with van der Waals surface area (Å²) in [5.74, 6) is 2.56. The van der Waals surface area contributed by atoms with Crippen LogP contribution >= 0.6 is 0 Å². The van der Waals surface area contributed by atoms with Crippen molar-refractivity contribution in [2.75, 3.05) is 52.3 Å². The summed E-state index contributed by atoms with van der Waals surface area (Å²) in [5.41, 5.74) is 4.25. The second-order valence-corrected chi connectivity index (χ2v) is 14.7. The number of aromatic nitrogens is 4. The number of anilines is 1. The maximum atomic E-state index is 14.2. The van der Waals surface area contributed by atoms with E-state index in [0.29, 0.717) is 49.2 Å². The van der Waals surface area contributed by atoms with E-state index in [0.717, 1.165) is 68.1 Å². The van der Waals surface area contributed by atoms with Crippen LogP contribution in [-0.4, -0.2) is 95.0 Å². The van der Waals surface area contributed by atoms with Gasteiger partial charge in [-0.2, -0.15) is 5.10 Å². The third kappa shape index (κ3) is 8.25. The summed E-state index contributed by atoms with van der Waals surface area (Å²) in [4.78, 5) is 41.8. The Morgan fingerprint density at radius 2 is 1.73 bits per heavy atom. The largest absolute Gasteiger partial charge is 0.481 e. The molecule has 2 aliphatic carbocycles. The highest BCUT2D eigenvalue weighted by atomic mass is 16.6. The molecule has 3 aromatic rings. The first-order valence-electron chi connectivity index (χ1n) is 18.1. The summed E-state index contributed by atoms with van der Waals surface area (Å²) in [6.07, 6.45) is 16.9. The number of likely N-dealkylation sites (tertiary alicyclic amines) is 1. The predicted molar refractivity (Wildman–Crippen MR) is 190 cm³/mol. The van der Waals surface area contributed by atoms with Crippen LogP contribution in [0.25, 0.3) is 11.1 Å². The minimum Gasteiger partial charge on any atom is -0.481 e. The highest BCUT2D eigenvalue weighted by Crippen LogP contribution is 2.38. The average Bonchev–Trinajstić information content (AvgIpc) is 3.60. The normalized spacial score (nSPS) is 20.9. The van der Waals surface area contributed by atoms with Crippen LogP contribution in [-0.2, 0) is 9.53 Å². The monoisotopic (exact) mass is 671 g/mol. The standard InChI is InChI=1S/C38H53N7O4/c1-26-17-32(19-40-36(26)48-5)29-13-11-28(12-14-29)21-44(37(46)30-9-7-6-8-10-30)35-18-31(15-16-39-35)33-20-41-45(22-33)27(2)25-49-38(47)43-23-34(24-43)42(3)4/h15-20,22,27-30,34H,6-14,21,23-25H2,1-5H3. The van der Waals surface area contributed by atoms with Gasteiger partial charge in [0.2, 0.25) is 11.8 Å². The maximum absolute atomic E-state index is 14.2. The van der Waals surface area contributed by atoms with Gasteiger partial charge in [0.05, 0.1) is 19.3 Å². The van der Waals surface area contributed by atoms with E-state index in [4.69, 9.17) is 14.5 Å². The Morgan fingerprint density at radius 3 is 2.43 bits per heavy atom. The third-order valence-electron chi connectivity index (χ3n) is 10.9. The first-order chi connectivity index (χ1) is 23.7. The van der Waals surface area contributed by atoms with Crippen LogP contribution in [0.5, 0.6) is 5.88 Å². The molecule has 11 nitrogen and oxygen atoms in total. The molecule has 49 heavy (non-hydrogen) atoms. The molecule has 1 saturated heterocycles. The summed E-state index contributed by atoms with van der Waals surface area (Å²) in [5, 5.41) is 4.60. The minimum atomic E-state index is -0.278. The molecule has 4 heterocycles. The van der Waals surface area contributed by atoms with E-state index in [9.17, 15) is 9.59 Å². The third-order valence-corrected chi connectivity index (χ3v) is 10.9. The van der Waals surface area contributed by atoms with E-state index in [1.165, 1.54) is 12.0 Å². The quantitative estimate of drug-likeness (QED) is 0.228. The molecule has 0 bridgehead atoms. The molecule has 264 valence electrons. The van der Waals surface area contributed by atoms with Gasteiger partial charge in [0.15, 0.2) is 0 Å². The van der Waals surface area contributed by atoms with Crippen molar-refractivity contribution in [1.82, 2.24) is 29.5 Å². The van der Waals surface area contributed by atoms with Crippen LogP contribution in [0.4, 0.5) is 10.6 Å². The fourth-order valence-electron chi connectivity index (χ4n) is 7.59. The number of carbonyl (C=O) groups is 2. The highest BCUT2D eigenvalue weighted by Gasteiger charge is 2.34. The van der Waals surface area contributed by atoms with Crippen molar-refractivity contribution in [3.05, 3.63) is 54.1 Å². The zero-order valence-corrected chi connectivity index (χ0v) is 29.9. The molecule has 0 radical (unpaired) electrons. The van der Waals surface area contributed by atoms with Gasteiger partial charge < -0.3 is 19.3 Å². The molecule has 1 unspecified atom stereocenters. The van der Waals surface area contributed by atoms with E-state index < -0.39 is 0 Å². The number of likely N-dealkylation sites (N-methyl/N-ethyl adjacent to an activating group) is 1. The second kappa shape index (κ2) is 15.7. The topological polar surface area (TPSA) is 106 Å². The average molecular weight is 672 g/mol. The van der Waals surface area contributed by atoms with Gasteiger partial charge in [-0.1, -0.05) is 19.3 Å². The van der Waals surface area contributed by atoms with Crippen molar-refractivity contribution in [3.8, 4) is 17.0 Å². The smallest absolute Gasteiger partial charge is 0.409 e. The first-order valence-corrected chi connectivity index (χ1v) is 18.1. The van der Waals surface area contributed by atoms with Gasteiger partial charge in [-0.15, -0.1) is 0 Å². The van der Waals surface area contributed by atoms with Crippen molar-refractivity contribution in [1.29, 1.82) is 0 Å². The van der Waals surface area contributed by atoms with E-state index >= 15 is 0 Å². The van der Waals surface area contributed by atoms with Crippen molar-refractivity contribution in [3.63, 3.8) is 0 Å². The first kappa shape index (κ1) is 34.9. The number of pyridine rings is 2. The molecule has 3 fully saturated rings. The molecule has 2 amide bonds. The van der Waals surface area contributed by atoms with E-state index in [-0.39, 0.29) is 30.6 Å². The van der Waals surface area contributed by atoms with Gasteiger partial charge in [-0.05, 0) is 108 Å². The lowest BCUT2D eigenvalue weighted by Gasteiger charge is -2.41. The Kier molecular flexibility index (Phi) is 11.2. The van der Waals surface area contributed by atoms with Crippen molar-refractivity contribution < 1.29 is 19.1 Å². The molecule has 3 aromatic heterocycles. The van der Waals surface area contributed by atoms with E-state index in [1.807, 2.05) is 61.3 Å². The number of nitrogens with zero attached hydrogens (tertiary/aromatic N) is 7. The van der Waals surface area contributed by atoms with Gasteiger partial charge >= 0.3 is 6.09 Å². The lowest BCUT2D eigenvalue weighted by molar-refractivity contribution is -0.123. The highest BCUT2D eigenvalue weighted by molar-refractivity contribution is 5.94.